The van der Waals surface area contributed by atoms with Crippen LogP contribution in [-0.2, 0) is 4.79 Å². The van der Waals surface area contributed by atoms with Crippen molar-refractivity contribution in [1.29, 1.82) is 0 Å². The smallest absolute Gasteiger partial charge is 0.162 e. The minimum Gasteiger partial charge on any atom is -0.358 e. The van der Waals surface area contributed by atoms with Crippen LogP contribution >= 0.6 is 22.6 Å². The Hall–Kier alpha value is -2.14. The lowest BCUT2D eigenvalue weighted by Crippen LogP contribution is -2.33. The van der Waals surface area contributed by atoms with Crippen LogP contribution in [0.3, 0.4) is 0 Å². The lowest BCUT2D eigenvalue weighted by molar-refractivity contribution is -0.118. The van der Waals surface area contributed by atoms with Crippen molar-refractivity contribution < 1.29 is 4.79 Å². The van der Waals surface area contributed by atoms with E-state index in [9.17, 15) is 4.79 Å². The van der Waals surface area contributed by atoms with E-state index in [2.05, 4.69) is 102 Å². The SMILES string of the molecule is CC1(C)CC(=O)C2=C(C1)Nc1ccc3ccccc3c1[C@@H]2c1cccc(I)c1. The number of Topliss-reactive ketones (excluding diaryl/α,β-unsaturated/α-hetero) is 1. The van der Waals surface area contributed by atoms with Crippen molar-refractivity contribution >= 4 is 44.8 Å². The summed E-state index contributed by atoms with van der Waals surface area (Å²) in [6.45, 7) is 4.37. The molecule has 5 rings (SSSR count). The Kier molecular flexibility index (Phi) is 4.13. The summed E-state index contributed by atoms with van der Waals surface area (Å²) in [7, 11) is 0. The van der Waals surface area contributed by atoms with Crippen molar-refractivity contribution in [1.82, 2.24) is 0 Å². The number of carbonyl (C=O) groups is 1. The first-order chi connectivity index (χ1) is 13.4. The highest BCUT2D eigenvalue weighted by atomic mass is 127. The molecule has 0 saturated heterocycles. The average molecular weight is 479 g/mol. The molecule has 1 N–H and O–H groups in total. The topological polar surface area (TPSA) is 29.1 Å². The predicted molar refractivity (Wildman–Crippen MR) is 124 cm³/mol. The van der Waals surface area contributed by atoms with E-state index < -0.39 is 0 Å². The highest BCUT2D eigenvalue weighted by Gasteiger charge is 2.41. The van der Waals surface area contributed by atoms with Crippen molar-refractivity contribution in [3.8, 4) is 0 Å². The van der Waals surface area contributed by atoms with E-state index in [0.717, 1.165) is 23.4 Å². The van der Waals surface area contributed by atoms with E-state index in [4.69, 9.17) is 0 Å². The number of anilines is 1. The molecule has 1 atom stereocenters. The molecule has 140 valence electrons. The molecule has 28 heavy (non-hydrogen) atoms. The summed E-state index contributed by atoms with van der Waals surface area (Å²) in [5.41, 5.74) is 5.62. The second-order valence-corrected chi connectivity index (χ2v) is 9.94. The highest BCUT2D eigenvalue weighted by Crippen LogP contribution is 2.50. The Morgan fingerprint density at radius 1 is 1.00 bits per heavy atom. The zero-order valence-corrected chi connectivity index (χ0v) is 18.2. The number of benzene rings is 3. The van der Waals surface area contributed by atoms with Crippen LogP contribution in [0.4, 0.5) is 5.69 Å². The first kappa shape index (κ1) is 17.9. The number of halogens is 1. The van der Waals surface area contributed by atoms with Crippen molar-refractivity contribution in [2.45, 2.75) is 32.6 Å². The van der Waals surface area contributed by atoms with Crippen LogP contribution in [0.15, 0.2) is 71.9 Å². The van der Waals surface area contributed by atoms with E-state index >= 15 is 0 Å². The van der Waals surface area contributed by atoms with Gasteiger partial charge in [0.05, 0.1) is 0 Å². The van der Waals surface area contributed by atoms with Gasteiger partial charge in [-0.3, -0.25) is 4.79 Å². The van der Waals surface area contributed by atoms with Crippen LogP contribution in [0.2, 0.25) is 0 Å². The van der Waals surface area contributed by atoms with Gasteiger partial charge in [-0.15, -0.1) is 0 Å². The molecule has 2 aliphatic rings. The van der Waals surface area contributed by atoms with Crippen LogP contribution in [-0.4, -0.2) is 5.78 Å². The molecule has 0 spiro atoms. The molecule has 0 radical (unpaired) electrons. The summed E-state index contributed by atoms with van der Waals surface area (Å²) in [5.74, 6) is 0.261. The molecule has 1 heterocycles. The quantitative estimate of drug-likeness (QED) is 0.397. The second kappa shape index (κ2) is 6.45. The number of hydrogen-bond acceptors (Lipinski definition) is 2. The summed E-state index contributed by atoms with van der Waals surface area (Å²) in [5, 5.41) is 6.09. The van der Waals surface area contributed by atoms with Crippen LogP contribution in [0, 0.1) is 8.99 Å². The normalized spacial score (nSPS) is 20.5. The molecular formula is C25H22INO. The minimum absolute atomic E-state index is 0.00701. The fraction of sp³-hybridized carbons (Fsp3) is 0.240. The first-order valence-electron chi connectivity index (χ1n) is 9.73. The van der Waals surface area contributed by atoms with Gasteiger partial charge in [0.15, 0.2) is 5.78 Å². The van der Waals surface area contributed by atoms with Crippen LogP contribution in [0.5, 0.6) is 0 Å². The molecular weight excluding hydrogens is 457 g/mol. The van der Waals surface area contributed by atoms with E-state index in [0.29, 0.717) is 6.42 Å². The zero-order chi connectivity index (χ0) is 19.5. The molecule has 0 saturated carbocycles. The molecule has 0 bridgehead atoms. The molecule has 0 unspecified atom stereocenters. The van der Waals surface area contributed by atoms with Crippen molar-refractivity contribution in [3.05, 3.63) is 86.6 Å². The lowest BCUT2D eigenvalue weighted by Gasteiger charge is -2.40. The van der Waals surface area contributed by atoms with Gasteiger partial charge in [-0.1, -0.05) is 56.3 Å². The van der Waals surface area contributed by atoms with Gasteiger partial charge < -0.3 is 5.32 Å². The largest absolute Gasteiger partial charge is 0.358 e. The summed E-state index contributed by atoms with van der Waals surface area (Å²) in [6, 6.07) is 21.4. The zero-order valence-electron chi connectivity index (χ0n) is 16.1. The van der Waals surface area contributed by atoms with Crippen molar-refractivity contribution in [2.24, 2.45) is 5.41 Å². The average Bonchev–Trinajstić information content (AvgIpc) is 2.65. The molecule has 0 amide bonds. The van der Waals surface area contributed by atoms with Gasteiger partial charge in [0.2, 0.25) is 0 Å². The lowest BCUT2D eigenvalue weighted by atomic mass is 9.68. The van der Waals surface area contributed by atoms with Crippen LogP contribution < -0.4 is 5.32 Å². The van der Waals surface area contributed by atoms with Gasteiger partial charge in [0, 0.05) is 32.9 Å². The Morgan fingerprint density at radius 3 is 2.64 bits per heavy atom. The third kappa shape index (κ3) is 2.87. The first-order valence-corrected chi connectivity index (χ1v) is 10.8. The van der Waals surface area contributed by atoms with Gasteiger partial charge in [-0.25, -0.2) is 0 Å². The third-order valence-corrected chi connectivity index (χ3v) is 6.61. The van der Waals surface area contributed by atoms with E-state index in [1.54, 1.807) is 0 Å². The number of rotatable bonds is 1. The van der Waals surface area contributed by atoms with Gasteiger partial charge in [0.25, 0.3) is 0 Å². The number of ketones is 1. The molecule has 1 aliphatic heterocycles. The maximum absolute atomic E-state index is 13.4. The maximum atomic E-state index is 13.4. The molecule has 3 aromatic carbocycles. The summed E-state index contributed by atoms with van der Waals surface area (Å²) in [4.78, 5) is 13.4. The van der Waals surface area contributed by atoms with Crippen LogP contribution in [0.1, 0.15) is 43.7 Å². The molecule has 0 aromatic heterocycles. The number of nitrogens with one attached hydrogen (secondary N) is 1. The van der Waals surface area contributed by atoms with E-state index in [1.165, 1.54) is 25.5 Å². The fourth-order valence-electron chi connectivity index (χ4n) is 4.82. The summed E-state index contributed by atoms with van der Waals surface area (Å²) in [6.07, 6.45) is 1.51. The number of hydrogen-bond donors (Lipinski definition) is 1. The van der Waals surface area contributed by atoms with Gasteiger partial charge >= 0.3 is 0 Å². The molecule has 2 nitrogen and oxygen atoms in total. The number of fused-ring (bicyclic) bond motifs is 3. The van der Waals surface area contributed by atoms with Crippen molar-refractivity contribution in [3.63, 3.8) is 0 Å². The number of allylic oxidation sites excluding steroid dienone is 2. The van der Waals surface area contributed by atoms with Gasteiger partial charge in [-0.05, 0) is 74.5 Å². The standard InChI is InChI=1S/C25H22INO/c1-25(2)13-20-24(21(28)14-25)22(16-7-5-8-17(26)12-16)23-18-9-4-3-6-15(18)10-11-19(23)27-20/h3-12,22,27H,13-14H2,1-2H3/t22-/m0/s1. The van der Waals surface area contributed by atoms with E-state index in [1.807, 2.05) is 0 Å². The Balaban J connectivity index is 1.83. The fourth-order valence-corrected chi connectivity index (χ4v) is 5.39. The van der Waals surface area contributed by atoms with Crippen molar-refractivity contribution in [2.75, 3.05) is 5.32 Å². The monoisotopic (exact) mass is 479 g/mol. The van der Waals surface area contributed by atoms with Crippen LogP contribution in [0.25, 0.3) is 10.8 Å². The highest BCUT2D eigenvalue weighted by molar-refractivity contribution is 14.1. The maximum Gasteiger partial charge on any atom is 0.162 e. The second-order valence-electron chi connectivity index (χ2n) is 8.69. The number of carbonyl (C=O) groups excluding carboxylic acids is 1. The third-order valence-electron chi connectivity index (χ3n) is 5.94. The Bertz CT molecular complexity index is 1160. The van der Waals surface area contributed by atoms with Gasteiger partial charge in [-0.2, -0.15) is 0 Å². The minimum atomic E-state index is -0.0179. The van der Waals surface area contributed by atoms with E-state index in [-0.39, 0.29) is 17.1 Å². The molecule has 1 aliphatic carbocycles. The molecule has 3 heteroatoms. The Labute approximate surface area is 179 Å². The summed E-state index contributed by atoms with van der Waals surface area (Å²) < 4.78 is 1.20. The Morgan fingerprint density at radius 2 is 1.82 bits per heavy atom. The molecule has 3 aromatic rings. The molecule has 0 fully saturated rings. The predicted octanol–water partition coefficient (Wildman–Crippen LogP) is 6.65. The van der Waals surface area contributed by atoms with Gasteiger partial charge in [0.1, 0.15) is 0 Å². The summed E-state index contributed by atoms with van der Waals surface area (Å²) >= 11 is 2.36.